The van der Waals surface area contributed by atoms with Crippen molar-refractivity contribution in [2.24, 2.45) is 0 Å². The van der Waals surface area contributed by atoms with Crippen LogP contribution in [0.2, 0.25) is 0 Å². The van der Waals surface area contributed by atoms with Crippen molar-refractivity contribution in [2.45, 2.75) is 45.4 Å². The summed E-state index contributed by atoms with van der Waals surface area (Å²) >= 11 is 0. The molecule has 0 saturated heterocycles. The van der Waals surface area contributed by atoms with Crippen LogP contribution in [0.4, 0.5) is 4.79 Å². The Hall–Kier alpha value is -1.77. The molecule has 0 fully saturated rings. The topological polar surface area (TPSA) is 35.5 Å². The molecule has 0 N–H and O–H groups in total. The van der Waals surface area contributed by atoms with Crippen LogP contribution in [0.3, 0.4) is 0 Å². The number of hydrogen-bond donors (Lipinski definition) is 0. The lowest BCUT2D eigenvalue weighted by atomic mass is 9.87. The lowest BCUT2D eigenvalue weighted by Gasteiger charge is -2.21. The SMILES string of the molecule is CCCOC(=O)OC1=CCC(c2ccc(C)cc2)CC1. The predicted octanol–water partition coefficient (Wildman–Crippen LogP) is 4.71. The van der Waals surface area contributed by atoms with E-state index < -0.39 is 6.16 Å². The number of carbonyl (C=O) groups is 1. The number of benzene rings is 1. The first-order valence-corrected chi connectivity index (χ1v) is 7.29. The number of rotatable bonds is 4. The lowest BCUT2D eigenvalue weighted by Crippen LogP contribution is -2.11. The van der Waals surface area contributed by atoms with Crippen LogP contribution >= 0.6 is 0 Å². The number of allylic oxidation sites excluding steroid dienone is 2. The van der Waals surface area contributed by atoms with Gasteiger partial charge in [-0.3, -0.25) is 0 Å². The van der Waals surface area contributed by atoms with Crippen LogP contribution in [0.5, 0.6) is 0 Å². The summed E-state index contributed by atoms with van der Waals surface area (Å²) in [5.74, 6) is 1.27. The van der Waals surface area contributed by atoms with E-state index in [1.54, 1.807) is 0 Å². The molecular weight excluding hydrogens is 252 g/mol. The Morgan fingerprint density at radius 1 is 1.30 bits per heavy atom. The molecule has 108 valence electrons. The van der Waals surface area contributed by atoms with Crippen molar-refractivity contribution in [3.63, 3.8) is 0 Å². The van der Waals surface area contributed by atoms with Gasteiger partial charge in [0.05, 0.1) is 6.61 Å². The van der Waals surface area contributed by atoms with Gasteiger partial charge < -0.3 is 9.47 Å². The second kappa shape index (κ2) is 7.13. The molecule has 0 radical (unpaired) electrons. The Morgan fingerprint density at radius 3 is 2.65 bits per heavy atom. The van der Waals surface area contributed by atoms with Gasteiger partial charge in [-0.25, -0.2) is 4.79 Å². The van der Waals surface area contributed by atoms with E-state index in [1.807, 2.05) is 13.0 Å². The van der Waals surface area contributed by atoms with Gasteiger partial charge in [0.2, 0.25) is 0 Å². The molecule has 1 aromatic rings. The molecule has 0 aromatic heterocycles. The molecule has 0 saturated carbocycles. The van der Waals surface area contributed by atoms with Gasteiger partial charge in [-0.15, -0.1) is 0 Å². The highest BCUT2D eigenvalue weighted by atomic mass is 16.7. The fourth-order valence-electron chi connectivity index (χ4n) is 2.37. The zero-order valence-corrected chi connectivity index (χ0v) is 12.2. The van der Waals surface area contributed by atoms with Gasteiger partial charge in [0, 0.05) is 6.42 Å². The van der Waals surface area contributed by atoms with Crippen molar-refractivity contribution in [1.82, 2.24) is 0 Å². The number of hydrogen-bond acceptors (Lipinski definition) is 3. The zero-order chi connectivity index (χ0) is 14.4. The van der Waals surface area contributed by atoms with Gasteiger partial charge in [0.1, 0.15) is 5.76 Å². The predicted molar refractivity (Wildman–Crippen MR) is 78.6 cm³/mol. The molecule has 3 heteroatoms. The van der Waals surface area contributed by atoms with Crippen LogP contribution in [-0.4, -0.2) is 12.8 Å². The first-order chi connectivity index (χ1) is 9.69. The minimum Gasteiger partial charge on any atom is -0.434 e. The largest absolute Gasteiger partial charge is 0.513 e. The Kier molecular flexibility index (Phi) is 5.22. The summed E-state index contributed by atoms with van der Waals surface area (Å²) in [6.45, 7) is 4.47. The third-order valence-corrected chi connectivity index (χ3v) is 3.56. The highest BCUT2D eigenvalue weighted by molar-refractivity contribution is 5.61. The molecule has 1 atom stereocenters. The Bertz CT molecular complexity index is 474. The number of ether oxygens (including phenoxy) is 2. The van der Waals surface area contributed by atoms with Crippen molar-refractivity contribution in [3.8, 4) is 0 Å². The summed E-state index contributed by atoms with van der Waals surface area (Å²) in [4.78, 5) is 11.4. The van der Waals surface area contributed by atoms with Gasteiger partial charge in [-0.05, 0) is 43.7 Å². The van der Waals surface area contributed by atoms with Gasteiger partial charge in [0.15, 0.2) is 0 Å². The molecule has 2 rings (SSSR count). The average molecular weight is 274 g/mol. The Labute approximate surface area is 120 Å². The fourth-order valence-corrected chi connectivity index (χ4v) is 2.37. The Balaban J connectivity index is 1.87. The van der Waals surface area contributed by atoms with Crippen molar-refractivity contribution >= 4 is 6.16 Å². The zero-order valence-electron chi connectivity index (χ0n) is 12.2. The minimum atomic E-state index is -0.577. The number of carbonyl (C=O) groups excluding carboxylic acids is 1. The van der Waals surface area contributed by atoms with Crippen LogP contribution in [0.25, 0.3) is 0 Å². The summed E-state index contributed by atoms with van der Waals surface area (Å²) in [7, 11) is 0. The molecule has 3 nitrogen and oxygen atoms in total. The summed E-state index contributed by atoms with van der Waals surface area (Å²) < 4.78 is 10.1. The third kappa shape index (κ3) is 4.12. The molecule has 0 spiro atoms. The second-order valence-electron chi connectivity index (χ2n) is 5.25. The minimum absolute atomic E-state index is 0.415. The van der Waals surface area contributed by atoms with Crippen molar-refractivity contribution in [3.05, 3.63) is 47.2 Å². The van der Waals surface area contributed by atoms with Gasteiger partial charge in [-0.1, -0.05) is 36.8 Å². The second-order valence-corrected chi connectivity index (χ2v) is 5.25. The molecule has 1 aromatic carbocycles. The Morgan fingerprint density at radius 2 is 2.05 bits per heavy atom. The monoisotopic (exact) mass is 274 g/mol. The van der Waals surface area contributed by atoms with Gasteiger partial charge >= 0.3 is 6.16 Å². The summed E-state index contributed by atoms with van der Waals surface area (Å²) in [6, 6.07) is 8.67. The molecule has 0 heterocycles. The van der Waals surface area contributed by atoms with E-state index in [4.69, 9.17) is 9.47 Å². The van der Waals surface area contributed by atoms with Crippen LogP contribution in [0.15, 0.2) is 36.1 Å². The highest BCUT2D eigenvalue weighted by Crippen LogP contribution is 2.32. The first-order valence-electron chi connectivity index (χ1n) is 7.29. The molecule has 1 aliphatic carbocycles. The van der Waals surface area contributed by atoms with Crippen LogP contribution in [0, 0.1) is 6.92 Å². The van der Waals surface area contributed by atoms with E-state index in [2.05, 4.69) is 31.2 Å². The van der Waals surface area contributed by atoms with Gasteiger partial charge in [0.25, 0.3) is 0 Å². The standard InChI is InChI=1S/C17H22O3/c1-3-12-19-17(18)20-16-10-8-15(9-11-16)14-6-4-13(2)5-7-14/h4-7,10,15H,3,8-9,11-12H2,1-2H3. The summed E-state index contributed by atoms with van der Waals surface area (Å²) in [5, 5.41) is 0. The maximum absolute atomic E-state index is 11.4. The fraction of sp³-hybridized carbons (Fsp3) is 0.471. The smallest absolute Gasteiger partial charge is 0.434 e. The van der Waals surface area contributed by atoms with Gasteiger partial charge in [-0.2, -0.15) is 0 Å². The number of aryl methyl sites for hydroxylation is 1. The molecule has 1 aliphatic rings. The summed E-state index contributed by atoms with van der Waals surface area (Å²) in [5.41, 5.74) is 2.64. The maximum atomic E-state index is 11.4. The molecular formula is C17H22O3. The molecule has 0 aliphatic heterocycles. The van der Waals surface area contributed by atoms with E-state index in [1.165, 1.54) is 11.1 Å². The van der Waals surface area contributed by atoms with Crippen molar-refractivity contribution in [1.29, 1.82) is 0 Å². The summed E-state index contributed by atoms with van der Waals surface area (Å²) in [6.07, 6.45) is 4.96. The van der Waals surface area contributed by atoms with E-state index in [0.29, 0.717) is 12.5 Å². The molecule has 20 heavy (non-hydrogen) atoms. The van der Waals surface area contributed by atoms with Crippen molar-refractivity contribution < 1.29 is 14.3 Å². The average Bonchev–Trinajstić information content (AvgIpc) is 2.47. The van der Waals surface area contributed by atoms with Crippen LogP contribution in [0.1, 0.15) is 49.7 Å². The lowest BCUT2D eigenvalue weighted by molar-refractivity contribution is 0.0737. The van der Waals surface area contributed by atoms with E-state index in [-0.39, 0.29) is 0 Å². The maximum Gasteiger partial charge on any atom is 0.513 e. The first kappa shape index (κ1) is 14.6. The van der Waals surface area contributed by atoms with E-state index in [0.717, 1.165) is 31.4 Å². The normalized spacial score (nSPS) is 18.3. The van der Waals surface area contributed by atoms with Crippen LogP contribution in [-0.2, 0) is 9.47 Å². The third-order valence-electron chi connectivity index (χ3n) is 3.56. The highest BCUT2D eigenvalue weighted by Gasteiger charge is 2.19. The quantitative estimate of drug-likeness (QED) is 0.746. The van der Waals surface area contributed by atoms with Crippen molar-refractivity contribution in [2.75, 3.05) is 6.61 Å². The molecule has 0 amide bonds. The van der Waals surface area contributed by atoms with E-state index in [9.17, 15) is 4.79 Å². The van der Waals surface area contributed by atoms with Crippen LogP contribution < -0.4 is 0 Å². The molecule has 1 unspecified atom stereocenters. The van der Waals surface area contributed by atoms with E-state index >= 15 is 0 Å². The molecule has 0 bridgehead atoms.